The van der Waals surface area contributed by atoms with Gasteiger partial charge in [0.15, 0.2) is 15.7 Å². The lowest BCUT2D eigenvalue weighted by atomic mass is 9.92. The molecule has 0 spiro atoms. The van der Waals surface area contributed by atoms with Crippen molar-refractivity contribution in [2.75, 3.05) is 0 Å². The quantitative estimate of drug-likeness (QED) is 0.675. The van der Waals surface area contributed by atoms with E-state index in [4.69, 9.17) is 11.6 Å². The Hall–Kier alpha value is -2.12. The van der Waals surface area contributed by atoms with Gasteiger partial charge < -0.3 is 4.98 Å². The second-order valence-corrected chi connectivity index (χ2v) is 11.3. The van der Waals surface area contributed by atoms with Crippen molar-refractivity contribution in [2.45, 2.75) is 49.7 Å². The van der Waals surface area contributed by atoms with Crippen LogP contribution in [-0.2, 0) is 27.0 Å². The van der Waals surface area contributed by atoms with E-state index in [0.717, 1.165) is 11.4 Å². The van der Waals surface area contributed by atoms with Crippen LogP contribution in [0.25, 0.3) is 11.5 Å². The molecule has 0 fully saturated rings. The van der Waals surface area contributed by atoms with Gasteiger partial charge in [0.2, 0.25) is 0 Å². The van der Waals surface area contributed by atoms with E-state index in [1.807, 2.05) is 13.1 Å². The number of benzene rings is 1. The predicted octanol–water partition coefficient (Wildman–Crippen LogP) is 4.47. The second-order valence-electron chi connectivity index (χ2n) is 8.40. The van der Waals surface area contributed by atoms with E-state index < -0.39 is 14.6 Å². The van der Waals surface area contributed by atoms with Gasteiger partial charge in [-0.25, -0.2) is 13.4 Å². The highest BCUT2D eigenvalue weighted by atomic mass is 35.5. The number of hydrogen-bond acceptors (Lipinski definition) is 4. The van der Waals surface area contributed by atoms with Crippen molar-refractivity contribution in [2.24, 2.45) is 7.05 Å². The fourth-order valence-corrected chi connectivity index (χ4v) is 4.47. The van der Waals surface area contributed by atoms with Crippen molar-refractivity contribution in [1.82, 2.24) is 19.7 Å². The summed E-state index contributed by atoms with van der Waals surface area (Å²) in [6, 6.07) is 8.17. The van der Waals surface area contributed by atoms with Crippen molar-refractivity contribution in [3.05, 3.63) is 52.9 Å². The lowest BCUT2D eigenvalue weighted by Gasteiger charge is -2.23. The fraction of sp³-hybridized carbons (Fsp3) is 0.400. The van der Waals surface area contributed by atoms with E-state index in [-0.39, 0.29) is 10.3 Å². The number of rotatable bonds is 4. The Kier molecular flexibility index (Phi) is 4.96. The van der Waals surface area contributed by atoms with Crippen molar-refractivity contribution < 1.29 is 8.42 Å². The fourth-order valence-electron chi connectivity index (χ4n) is 2.87. The van der Waals surface area contributed by atoms with Crippen LogP contribution in [0.5, 0.6) is 0 Å². The molecule has 1 aromatic carbocycles. The monoisotopic (exact) mass is 420 g/mol. The molecular formula is C20H25ClN4O2S. The zero-order valence-corrected chi connectivity index (χ0v) is 18.5. The van der Waals surface area contributed by atoms with Crippen molar-refractivity contribution in [3.8, 4) is 11.5 Å². The topological polar surface area (TPSA) is 80.6 Å². The summed E-state index contributed by atoms with van der Waals surface area (Å²) in [4.78, 5) is 7.83. The van der Waals surface area contributed by atoms with Crippen molar-refractivity contribution in [3.63, 3.8) is 0 Å². The van der Waals surface area contributed by atoms with Gasteiger partial charge in [0, 0.05) is 17.5 Å². The molecule has 8 heteroatoms. The van der Waals surface area contributed by atoms with E-state index in [9.17, 15) is 8.42 Å². The minimum absolute atomic E-state index is 0.0946. The molecule has 150 valence electrons. The average Bonchev–Trinajstić information content (AvgIpc) is 3.21. The van der Waals surface area contributed by atoms with Crippen molar-refractivity contribution in [1.29, 1.82) is 0 Å². The number of aryl methyl sites for hydroxylation is 1. The Bertz CT molecular complexity index is 1100. The van der Waals surface area contributed by atoms with Crippen LogP contribution in [0.2, 0.25) is 5.02 Å². The highest BCUT2D eigenvalue weighted by Crippen LogP contribution is 2.35. The maximum absolute atomic E-state index is 13.2. The zero-order chi connectivity index (χ0) is 20.9. The molecule has 0 saturated heterocycles. The summed E-state index contributed by atoms with van der Waals surface area (Å²) >= 11 is 5.89. The highest BCUT2D eigenvalue weighted by molar-refractivity contribution is 7.92. The number of aromatic nitrogens is 4. The lowest BCUT2D eigenvalue weighted by Crippen LogP contribution is -2.29. The normalized spacial score (nSPS) is 13.1. The molecule has 6 nitrogen and oxygen atoms in total. The molecule has 1 N–H and O–H groups in total. The summed E-state index contributed by atoms with van der Waals surface area (Å²) in [7, 11) is -1.81. The minimum atomic E-state index is -3.66. The van der Waals surface area contributed by atoms with Gasteiger partial charge in [-0.15, -0.1) is 0 Å². The van der Waals surface area contributed by atoms with Gasteiger partial charge in [-0.3, -0.25) is 4.68 Å². The second kappa shape index (κ2) is 6.74. The summed E-state index contributed by atoms with van der Waals surface area (Å²) in [5.41, 5.74) is 2.16. The van der Waals surface area contributed by atoms with Crippen LogP contribution in [0.3, 0.4) is 0 Å². The van der Waals surface area contributed by atoms with E-state index >= 15 is 0 Å². The van der Waals surface area contributed by atoms with Gasteiger partial charge in [0.1, 0.15) is 10.4 Å². The molecule has 0 aliphatic heterocycles. The summed E-state index contributed by atoms with van der Waals surface area (Å²) < 4.78 is 27.0. The first-order valence-corrected chi connectivity index (χ1v) is 10.8. The van der Waals surface area contributed by atoms with Crippen LogP contribution in [0, 0.1) is 0 Å². The van der Waals surface area contributed by atoms with E-state index in [1.54, 1.807) is 36.9 Å². The molecule has 0 radical (unpaired) electrons. The maximum Gasteiger partial charge on any atom is 0.189 e. The molecule has 3 aromatic rings. The minimum Gasteiger partial charge on any atom is -0.339 e. The largest absolute Gasteiger partial charge is 0.339 e. The van der Waals surface area contributed by atoms with Crippen molar-refractivity contribution >= 4 is 21.4 Å². The first-order valence-electron chi connectivity index (χ1n) is 8.94. The Labute approximate surface area is 170 Å². The van der Waals surface area contributed by atoms with Crippen LogP contribution in [0.1, 0.15) is 46.0 Å². The van der Waals surface area contributed by atoms with Gasteiger partial charge in [-0.2, -0.15) is 5.10 Å². The number of nitrogens with one attached hydrogen (secondary N) is 1. The van der Waals surface area contributed by atoms with Crippen LogP contribution in [-0.4, -0.2) is 28.2 Å². The van der Waals surface area contributed by atoms with Crippen LogP contribution in [0.4, 0.5) is 0 Å². The number of nitrogens with zero attached hydrogens (tertiary/aromatic N) is 3. The number of H-pyrrole nitrogens is 1. The molecule has 0 aliphatic rings. The van der Waals surface area contributed by atoms with Gasteiger partial charge in [-0.1, -0.05) is 32.4 Å². The smallest absolute Gasteiger partial charge is 0.189 e. The van der Waals surface area contributed by atoms with Gasteiger partial charge in [-0.05, 0) is 44.2 Å². The van der Waals surface area contributed by atoms with Gasteiger partial charge >= 0.3 is 0 Å². The molecule has 0 unspecified atom stereocenters. The van der Waals surface area contributed by atoms with Crippen LogP contribution >= 0.6 is 11.6 Å². The molecule has 28 heavy (non-hydrogen) atoms. The molecule has 0 atom stereocenters. The number of sulfone groups is 1. The van der Waals surface area contributed by atoms with Crippen LogP contribution in [0.15, 0.2) is 41.4 Å². The third-order valence-electron chi connectivity index (χ3n) is 4.91. The highest BCUT2D eigenvalue weighted by Gasteiger charge is 2.39. The number of aromatic amines is 1. The Balaban J connectivity index is 2.01. The average molecular weight is 421 g/mol. The Morgan fingerprint density at radius 1 is 1.07 bits per heavy atom. The first kappa shape index (κ1) is 20.6. The zero-order valence-electron chi connectivity index (χ0n) is 16.9. The third-order valence-corrected chi connectivity index (χ3v) is 7.62. The summed E-state index contributed by atoms with van der Waals surface area (Å²) in [6.45, 7) is 9.60. The molecular weight excluding hydrogens is 396 g/mol. The summed E-state index contributed by atoms with van der Waals surface area (Å²) in [5.74, 6) is 0.583. The predicted molar refractivity (Wildman–Crippen MR) is 111 cm³/mol. The number of imidazole rings is 1. The molecule has 0 aliphatic carbocycles. The van der Waals surface area contributed by atoms with E-state index in [0.29, 0.717) is 16.5 Å². The molecule has 2 heterocycles. The molecule has 3 rings (SSSR count). The lowest BCUT2D eigenvalue weighted by molar-refractivity contribution is 0.550. The summed E-state index contributed by atoms with van der Waals surface area (Å²) in [5, 5.41) is 5.05. The first-order chi connectivity index (χ1) is 12.8. The Morgan fingerprint density at radius 2 is 1.68 bits per heavy atom. The third kappa shape index (κ3) is 3.49. The molecule has 0 saturated carbocycles. The van der Waals surface area contributed by atoms with E-state index in [2.05, 4.69) is 35.8 Å². The number of halogens is 1. The molecule has 0 amide bonds. The van der Waals surface area contributed by atoms with Gasteiger partial charge in [0.05, 0.1) is 22.5 Å². The number of hydrogen-bond donors (Lipinski definition) is 1. The maximum atomic E-state index is 13.2. The van der Waals surface area contributed by atoms with E-state index in [1.165, 1.54) is 12.1 Å². The standard InChI is InChI=1S/C20H25ClN4O2S/c1-19(2,3)16-11-15(25(6)24-16)18-22-12-17(23-18)20(4,5)28(26,27)14-9-7-13(21)8-10-14/h7-12H,1-6H3,(H,22,23). The molecule has 0 bridgehead atoms. The molecule has 2 aromatic heterocycles. The summed E-state index contributed by atoms with van der Waals surface area (Å²) in [6.07, 6.45) is 1.58. The SMILES string of the molecule is Cn1nc(C(C)(C)C)cc1-c1ncc(C(C)(C)S(=O)(=O)c2ccc(Cl)cc2)[nH]1. The Morgan fingerprint density at radius 3 is 2.21 bits per heavy atom. The van der Waals surface area contributed by atoms with Gasteiger partial charge in [0.25, 0.3) is 0 Å². The van der Waals surface area contributed by atoms with Crippen LogP contribution < -0.4 is 0 Å².